The Kier molecular flexibility index (Phi) is 4.58. The van der Waals surface area contributed by atoms with Gasteiger partial charge in [0.05, 0.1) is 6.07 Å². The molecule has 2 rings (SSSR count). The van der Waals surface area contributed by atoms with Crippen LogP contribution >= 0.6 is 0 Å². The molecule has 2 heterocycles. The van der Waals surface area contributed by atoms with E-state index in [4.69, 9.17) is 4.74 Å². The van der Waals surface area contributed by atoms with Crippen LogP contribution in [0.1, 0.15) is 19.3 Å². The molecule has 0 aliphatic carbocycles. The van der Waals surface area contributed by atoms with Crippen LogP contribution in [0.2, 0.25) is 0 Å². The summed E-state index contributed by atoms with van der Waals surface area (Å²) in [6.45, 7) is 5.83. The first-order chi connectivity index (χ1) is 7.92. The van der Waals surface area contributed by atoms with Crippen LogP contribution in [-0.2, 0) is 4.74 Å². The van der Waals surface area contributed by atoms with E-state index in [0.717, 1.165) is 58.7 Å². The molecule has 2 saturated heterocycles. The average molecular weight is 223 g/mol. The lowest BCUT2D eigenvalue weighted by atomic mass is 9.91. The van der Waals surface area contributed by atoms with Crippen LogP contribution < -0.4 is 5.32 Å². The number of rotatable bonds is 2. The van der Waals surface area contributed by atoms with Gasteiger partial charge in [0.15, 0.2) is 0 Å². The van der Waals surface area contributed by atoms with Gasteiger partial charge in [0, 0.05) is 32.8 Å². The maximum Gasteiger partial charge on any atom is 0.101 e. The van der Waals surface area contributed by atoms with Crippen molar-refractivity contribution in [2.45, 2.75) is 25.3 Å². The van der Waals surface area contributed by atoms with Crippen molar-refractivity contribution in [3.63, 3.8) is 0 Å². The minimum absolute atomic E-state index is 0.101. The Labute approximate surface area is 97.6 Å². The highest BCUT2D eigenvalue weighted by Gasteiger charge is 2.29. The number of hydrogen-bond donors (Lipinski definition) is 1. The highest BCUT2D eigenvalue weighted by Crippen LogP contribution is 2.22. The van der Waals surface area contributed by atoms with Gasteiger partial charge in [0.25, 0.3) is 0 Å². The van der Waals surface area contributed by atoms with Gasteiger partial charge >= 0.3 is 0 Å². The summed E-state index contributed by atoms with van der Waals surface area (Å²) in [6, 6.07) is 2.61. The topological polar surface area (TPSA) is 48.3 Å². The highest BCUT2D eigenvalue weighted by atomic mass is 16.5. The first-order valence-corrected chi connectivity index (χ1v) is 6.34. The van der Waals surface area contributed by atoms with Gasteiger partial charge in [-0.3, -0.25) is 4.90 Å². The molecule has 2 fully saturated rings. The number of nitrogens with one attached hydrogen (secondary N) is 1. The van der Waals surface area contributed by atoms with E-state index < -0.39 is 0 Å². The fraction of sp³-hybridized carbons (Fsp3) is 0.917. The lowest BCUT2D eigenvalue weighted by Gasteiger charge is -2.33. The zero-order chi connectivity index (χ0) is 11.2. The maximum absolute atomic E-state index is 9.37. The van der Waals surface area contributed by atoms with Crippen LogP contribution in [0.5, 0.6) is 0 Å². The van der Waals surface area contributed by atoms with Crippen molar-refractivity contribution in [2.75, 3.05) is 39.4 Å². The average Bonchev–Trinajstić information content (AvgIpc) is 2.61. The van der Waals surface area contributed by atoms with Gasteiger partial charge in [-0.25, -0.2) is 0 Å². The molecule has 0 aromatic rings. The first-order valence-electron chi connectivity index (χ1n) is 6.34. The van der Waals surface area contributed by atoms with Crippen molar-refractivity contribution in [3.8, 4) is 6.07 Å². The zero-order valence-corrected chi connectivity index (χ0v) is 9.82. The Morgan fingerprint density at radius 2 is 2.06 bits per heavy atom. The first kappa shape index (κ1) is 11.8. The van der Waals surface area contributed by atoms with Crippen molar-refractivity contribution in [1.29, 1.82) is 5.26 Å². The van der Waals surface area contributed by atoms with E-state index in [1.807, 2.05) is 0 Å². The summed E-state index contributed by atoms with van der Waals surface area (Å²) in [5.74, 6) is 0.511. The van der Waals surface area contributed by atoms with E-state index in [-0.39, 0.29) is 6.04 Å². The monoisotopic (exact) mass is 223 g/mol. The number of nitriles is 1. The summed E-state index contributed by atoms with van der Waals surface area (Å²) < 4.78 is 5.37. The molecule has 4 heteroatoms. The van der Waals surface area contributed by atoms with Crippen molar-refractivity contribution in [2.24, 2.45) is 5.92 Å². The molecule has 2 aliphatic heterocycles. The highest BCUT2D eigenvalue weighted by molar-refractivity contribution is 4.97. The Hall–Kier alpha value is -0.630. The van der Waals surface area contributed by atoms with E-state index in [1.165, 1.54) is 0 Å². The minimum Gasteiger partial charge on any atom is -0.381 e. The Balaban J connectivity index is 1.94. The van der Waals surface area contributed by atoms with E-state index in [2.05, 4.69) is 16.3 Å². The van der Waals surface area contributed by atoms with E-state index in [9.17, 15) is 5.26 Å². The van der Waals surface area contributed by atoms with E-state index in [1.54, 1.807) is 0 Å². The molecule has 0 spiro atoms. The van der Waals surface area contributed by atoms with Crippen molar-refractivity contribution >= 4 is 0 Å². The van der Waals surface area contributed by atoms with Gasteiger partial charge in [-0.15, -0.1) is 0 Å². The summed E-state index contributed by atoms with van der Waals surface area (Å²) in [5.41, 5.74) is 0. The zero-order valence-electron chi connectivity index (χ0n) is 9.82. The Bertz CT molecular complexity index is 237. The van der Waals surface area contributed by atoms with Gasteiger partial charge in [-0.1, -0.05) is 0 Å². The van der Waals surface area contributed by atoms with E-state index in [0.29, 0.717) is 5.92 Å². The lowest BCUT2D eigenvalue weighted by molar-refractivity contribution is 0.0401. The molecule has 0 aromatic heterocycles. The van der Waals surface area contributed by atoms with Gasteiger partial charge < -0.3 is 10.1 Å². The number of ether oxygens (including phenoxy) is 1. The SMILES string of the molecule is N#CC(C1CCOCC1)N1CCCNCC1. The molecule has 2 aliphatic rings. The number of nitrogens with zero attached hydrogens (tertiary/aromatic N) is 2. The second-order valence-corrected chi connectivity index (χ2v) is 4.66. The molecule has 0 amide bonds. The molecule has 0 radical (unpaired) electrons. The predicted molar refractivity (Wildman–Crippen MR) is 62.0 cm³/mol. The summed E-state index contributed by atoms with van der Waals surface area (Å²) >= 11 is 0. The molecule has 0 saturated carbocycles. The third-order valence-corrected chi connectivity index (χ3v) is 3.61. The fourth-order valence-electron chi connectivity index (χ4n) is 2.66. The van der Waals surface area contributed by atoms with E-state index >= 15 is 0 Å². The van der Waals surface area contributed by atoms with Gasteiger partial charge in [0.1, 0.15) is 6.04 Å². The summed E-state index contributed by atoms with van der Waals surface area (Å²) in [5, 5.41) is 12.8. The van der Waals surface area contributed by atoms with Gasteiger partial charge in [0.2, 0.25) is 0 Å². The third-order valence-electron chi connectivity index (χ3n) is 3.61. The second kappa shape index (κ2) is 6.19. The normalized spacial score (nSPS) is 26.9. The van der Waals surface area contributed by atoms with Crippen LogP contribution in [0.25, 0.3) is 0 Å². The quantitative estimate of drug-likeness (QED) is 0.745. The molecular formula is C12H21N3O. The van der Waals surface area contributed by atoms with Crippen LogP contribution in [0.3, 0.4) is 0 Å². The molecule has 16 heavy (non-hydrogen) atoms. The van der Waals surface area contributed by atoms with Crippen molar-refractivity contribution in [1.82, 2.24) is 10.2 Å². The predicted octanol–water partition coefficient (Wildman–Crippen LogP) is 0.600. The molecule has 0 bridgehead atoms. The van der Waals surface area contributed by atoms with Crippen molar-refractivity contribution < 1.29 is 4.74 Å². The Morgan fingerprint density at radius 1 is 1.25 bits per heavy atom. The molecule has 4 nitrogen and oxygen atoms in total. The minimum atomic E-state index is 0.101. The van der Waals surface area contributed by atoms with Crippen LogP contribution in [-0.4, -0.2) is 50.3 Å². The van der Waals surface area contributed by atoms with Gasteiger partial charge in [-0.2, -0.15) is 5.26 Å². The van der Waals surface area contributed by atoms with Crippen molar-refractivity contribution in [3.05, 3.63) is 0 Å². The smallest absolute Gasteiger partial charge is 0.101 e. The van der Waals surface area contributed by atoms with Crippen LogP contribution in [0.15, 0.2) is 0 Å². The molecule has 1 atom stereocenters. The fourth-order valence-corrected chi connectivity index (χ4v) is 2.66. The standard InChI is InChI=1S/C12H21N3O/c13-10-12(11-2-8-16-9-3-11)15-6-1-4-14-5-7-15/h11-12,14H,1-9H2. The molecular weight excluding hydrogens is 202 g/mol. The third kappa shape index (κ3) is 2.94. The van der Waals surface area contributed by atoms with Gasteiger partial charge in [-0.05, 0) is 31.7 Å². The summed E-state index contributed by atoms with van der Waals surface area (Å²) in [6.07, 6.45) is 3.24. The second-order valence-electron chi connectivity index (χ2n) is 4.66. The molecule has 90 valence electrons. The van der Waals surface area contributed by atoms with Crippen LogP contribution in [0, 0.1) is 17.2 Å². The maximum atomic E-state index is 9.37. The molecule has 1 unspecified atom stereocenters. The molecule has 1 N–H and O–H groups in total. The summed E-state index contributed by atoms with van der Waals surface area (Å²) in [4.78, 5) is 2.36. The van der Waals surface area contributed by atoms with Crippen LogP contribution in [0.4, 0.5) is 0 Å². The summed E-state index contributed by atoms with van der Waals surface area (Å²) in [7, 11) is 0. The Morgan fingerprint density at radius 3 is 2.81 bits per heavy atom. The number of hydrogen-bond acceptors (Lipinski definition) is 4. The molecule has 0 aromatic carbocycles. The lowest BCUT2D eigenvalue weighted by Crippen LogP contribution is -2.43. The largest absolute Gasteiger partial charge is 0.381 e.